The molecule has 0 aromatic carbocycles. The van der Waals surface area contributed by atoms with E-state index in [-0.39, 0.29) is 7.43 Å². The molecule has 0 aliphatic heterocycles. The van der Waals surface area contributed by atoms with E-state index in [1.807, 2.05) is 0 Å². The second-order valence-corrected chi connectivity index (χ2v) is 2.93. The molecule has 0 fully saturated rings. The number of carbonyl (C=O) groups is 1. The van der Waals surface area contributed by atoms with Crippen LogP contribution in [0.25, 0.3) is 0 Å². The van der Waals surface area contributed by atoms with E-state index in [9.17, 15) is 4.79 Å². The molecule has 0 rings (SSSR count). The van der Waals surface area contributed by atoms with E-state index >= 15 is 0 Å². The molecule has 0 N–H and O–H groups in total. The van der Waals surface area contributed by atoms with Crippen LogP contribution in [0.5, 0.6) is 0 Å². The van der Waals surface area contributed by atoms with Gasteiger partial charge in [-0.3, -0.25) is 0 Å². The molecular weight excluding hydrogens is 298 g/mol. The van der Waals surface area contributed by atoms with Gasteiger partial charge in [0.1, 0.15) is 0 Å². The number of rotatable bonds is 3. The summed E-state index contributed by atoms with van der Waals surface area (Å²) in [7, 11) is 0. The van der Waals surface area contributed by atoms with E-state index in [0.29, 0.717) is 9.61 Å². The van der Waals surface area contributed by atoms with E-state index in [1.165, 1.54) is 6.20 Å². The standard InChI is InChI=1S/C6H6NO.CH4.W/c1-3-7-6(2)4-5-8;;/h1,3,5H,2H3;1H4;/q-1;;. The van der Waals surface area contributed by atoms with Crippen LogP contribution in [0.1, 0.15) is 14.4 Å². The van der Waals surface area contributed by atoms with Crippen molar-refractivity contribution in [3.05, 3.63) is 12.8 Å². The summed E-state index contributed by atoms with van der Waals surface area (Å²) < 4.78 is 0.691. The van der Waals surface area contributed by atoms with Gasteiger partial charge in [-0.05, 0) is 0 Å². The van der Waals surface area contributed by atoms with Crippen LogP contribution in [0.15, 0.2) is 11.2 Å². The molecule has 0 aliphatic carbocycles. The van der Waals surface area contributed by atoms with E-state index < -0.39 is 0 Å². The van der Waals surface area contributed by atoms with Crippen LogP contribution in [0.2, 0.25) is 0 Å². The zero-order valence-corrected chi connectivity index (χ0v) is 7.93. The molecule has 0 saturated heterocycles. The molecule has 0 spiro atoms. The zero-order valence-electron chi connectivity index (χ0n) is 5.00. The molecule has 0 aromatic heterocycles. The van der Waals surface area contributed by atoms with Crippen molar-refractivity contribution in [2.75, 3.05) is 0 Å². The molecule has 0 unspecified atom stereocenters. The zero-order chi connectivity index (χ0) is 7.28. The fourth-order valence-corrected chi connectivity index (χ4v) is 0.450. The number of hydrogen-bond donors (Lipinski definition) is 0. The Labute approximate surface area is 72.5 Å². The number of carbonyl (C=O) groups excluding carboxylic acids is 1. The van der Waals surface area contributed by atoms with Gasteiger partial charge in [0, 0.05) is 0 Å². The predicted octanol–water partition coefficient (Wildman–Crippen LogP) is 0.948. The van der Waals surface area contributed by atoms with Gasteiger partial charge in [-0.15, -0.1) is 0 Å². The first kappa shape index (κ1) is 12.3. The van der Waals surface area contributed by atoms with Crippen LogP contribution in [0.3, 0.4) is 0 Å². The molecule has 0 atom stereocenters. The first-order valence-corrected chi connectivity index (χ1v) is 3.76. The Morgan fingerprint density at radius 3 is 2.50 bits per heavy atom. The predicted molar refractivity (Wildman–Crippen MR) is 39.8 cm³/mol. The van der Waals surface area contributed by atoms with E-state index in [2.05, 4.69) is 4.99 Å². The van der Waals surface area contributed by atoms with Crippen molar-refractivity contribution in [1.29, 1.82) is 0 Å². The van der Waals surface area contributed by atoms with E-state index in [4.69, 9.17) is 6.58 Å². The molecule has 0 heterocycles. The first-order valence-electron chi connectivity index (χ1n) is 2.29. The number of aldehydes is 1. The molecule has 0 amide bonds. The summed E-state index contributed by atoms with van der Waals surface area (Å²) in [5.74, 6) is 0. The molecule has 0 bridgehead atoms. The SMILES string of the molecule is C.[CH-]=CN=C(C)[C](=[W])C=O. The van der Waals surface area contributed by atoms with Gasteiger partial charge in [0.25, 0.3) is 0 Å². The van der Waals surface area contributed by atoms with Crippen molar-refractivity contribution in [2.24, 2.45) is 4.99 Å². The minimum absolute atomic E-state index is 0. The Kier molecular flexibility index (Phi) is 8.33. The summed E-state index contributed by atoms with van der Waals surface area (Å²) in [6.07, 6.45) is 1.97. The van der Waals surface area contributed by atoms with Crippen LogP contribution in [0.4, 0.5) is 0 Å². The van der Waals surface area contributed by atoms with Crippen molar-refractivity contribution >= 4 is 15.9 Å². The van der Waals surface area contributed by atoms with Crippen LogP contribution >= 0.6 is 0 Å². The third-order valence-electron chi connectivity index (χ3n) is 0.732. The van der Waals surface area contributed by atoms with Crippen LogP contribution < -0.4 is 0 Å². The van der Waals surface area contributed by atoms with Gasteiger partial charge in [-0.2, -0.15) is 0 Å². The first-order chi connectivity index (χ1) is 4.22. The van der Waals surface area contributed by atoms with Gasteiger partial charge in [-0.1, -0.05) is 7.43 Å². The molecule has 2 nitrogen and oxygen atoms in total. The van der Waals surface area contributed by atoms with Crippen molar-refractivity contribution in [2.45, 2.75) is 14.4 Å². The second-order valence-electron chi connectivity index (χ2n) is 1.35. The fraction of sp³-hybridized carbons (Fsp3) is 0.286. The summed E-state index contributed by atoms with van der Waals surface area (Å²) in [6.45, 7) is 6.74. The van der Waals surface area contributed by atoms with Gasteiger partial charge < -0.3 is 0 Å². The van der Waals surface area contributed by atoms with Gasteiger partial charge in [-0.25, -0.2) is 0 Å². The average molecular weight is 308 g/mol. The maximum absolute atomic E-state index is 10.1. The fourth-order valence-electron chi connectivity index (χ4n) is 0.261. The van der Waals surface area contributed by atoms with Crippen molar-refractivity contribution < 1.29 is 24.1 Å². The quantitative estimate of drug-likeness (QED) is 0.434. The van der Waals surface area contributed by atoms with Crippen LogP contribution in [-0.4, -0.2) is 15.9 Å². The Balaban J connectivity index is 0. The Morgan fingerprint density at radius 1 is 1.70 bits per heavy atom. The molecule has 0 aromatic rings. The molecule has 3 heteroatoms. The van der Waals surface area contributed by atoms with Gasteiger partial charge in [0.05, 0.1) is 0 Å². The molecular formula is C7H10NOW-. The number of nitrogens with zero attached hydrogens (tertiary/aromatic N) is 1. The second kappa shape index (κ2) is 6.75. The summed E-state index contributed by atoms with van der Waals surface area (Å²) in [5.41, 5.74) is 0.697. The normalized spacial score (nSPS) is 9.50. The summed E-state index contributed by atoms with van der Waals surface area (Å²) in [6, 6.07) is 0. The van der Waals surface area contributed by atoms with Crippen LogP contribution in [0, 0.1) is 6.58 Å². The third kappa shape index (κ3) is 4.51. The molecule has 0 saturated carbocycles. The summed E-state index contributed by atoms with van der Waals surface area (Å²) >= 11 is 1.11. The molecule has 56 valence electrons. The Bertz CT molecular complexity index is 172. The van der Waals surface area contributed by atoms with Gasteiger partial charge >= 0.3 is 64.7 Å². The molecule has 10 heavy (non-hydrogen) atoms. The minimum atomic E-state index is 0. The maximum atomic E-state index is 10.1. The van der Waals surface area contributed by atoms with Crippen molar-refractivity contribution in [1.82, 2.24) is 0 Å². The molecule has 0 aliphatic rings. The van der Waals surface area contributed by atoms with E-state index in [1.54, 1.807) is 6.92 Å². The van der Waals surface area contributed by atoms with Gasteiger partial charge in [0.2, 0.25) is 0 Å². The van der Waals surface area contributed by atoms with Crippen LogP contribution in [-0.2, 0) is 24.1 Å². The average Bonchev–Trinajstić information content (AvgIpc) is 1.87. The van der Waals surface area contributed by atoms with E-state index in [0.717, 1.165) is 25.6 Å². The Morgan fingerprint density at radius 2 is 2.20 bits per heavy atom. The monoisotopic (exact) mass is 308 g/mol. The topological polar surface area (TPSA) is 29.4 Å². The summed E-state index contributed by atoms with van der Waals surface area (Å²) in [5, 5.41) is 0. The number of hydrogen-bond acceptors (Lipinski definition) is 2. The summed E-state index contributed by atoms with van der Waals surface area (Å²) in [4.78, 5) is 13.8. The Hall–Kier alpha value is -0.362. The molecule has 0 radical (unpaired) electrons. The number of aliphatic imine (C=N–C) groups is 1. The van der Waals surface area contributed by atoms with Crippen molar-refractivity contribution in [3.63, 3.8) is 0 Å². The third-order valence-corrected chi connectivity index (χ3v) is 2.14. The van der Waals surface area contributed by atoms with Gasteiger partial charge in [0.15, 0.2) is 0 Å². The van der Waals surface area contributed by atoms with Crippen molar-refractivity contribution in [3.8, 4) is 0 Å².